The van der Waals surface area contributed by atoms with Crippen molar-refractivity contribution in [2.24, 2.45) is 5.92 Å². The Morgan fingerprint density at radius 1 is 0.765 bits per heavy atom. The van der Waals surface area contributed by atoms with E-state index in [-0.39, 0.29) is 17.9 Å². The predicted molar refractivity (Wildman–Crippen MR) is 129 cm³/mol. The summed E-state index contributed by atoms with van der Waals surface area (Å²) >= 11 is 0. The fourth-order valence-corrected chi connectivity index (χ4v) is 4.96. The van der Waals surface area contributed by atoms with Gasteiger partial charge in [-0.3, -0.25) is 24.2 Å². The summed E-state index contributed by atoms with van der Waals surface area (Å²) < 4.78 is 0. The van der Waals surface area contributed by atoms with Crippen LogP contribution in [0.4, 0.5) is 0 Å². The zero-order valence-corrected chi connectivity index (χ0v) is 19.3. The molecule has 174 valence electrons. The summed E-state index contributed by atoms with van der Waals surface area (Å²) in [6, 6.07) is 30.4. The molecule has 2 aliphatic heterocycles. The second-order valence-corrected chi connectivity index (χ2v) is 8.97. The highest BCUT2D eigenvalue weighted by Crippen LogP contribution is 2.43. The first-order valence-electron chi connectivity index (χ1n) is 11.7. The quantitative estimate of drug-likeness (QED) is 0.485. The Hall–Kier alpha value is -3.32. The number of hydrogen-bond acceptors (Lipinski definition) is 5. The lowest BCUT2D eigenvalue weighted by Crippen LogP contribution is -2.38. The van der Waals surface area contributed by atoms with Gasteiger partial charge < -0.3 is 0 Å². The van der Waals surface area contributed by atoms with Gasteiger partial charge in [0.25, 0.3) is 5.91 Å². The van der Waals surface area contributed by atoms with E-state index in [2.05, 4.69) is 53.4 Å². The van der Waals surface area contributed by atoms with Crippen molar-refractivity contribution in [3.05, 3.63) is 108 Å². The number of amides is 2. The summed E-state index contributed by atoms with van der Waals surface area (Å²) in [6.45, 7) is 2.90. The van der Waals surface area contributed by atoms with Crippen LogP contribution in [-0.4, -0.2) is 52.9 Å². The Morgan fingerprint density at radius 2 is 1.29 bits per heavy atom. The van der Waals surface area contributed by atoms with Crippen LogP contribution in [0.1, 0.15) is 22.7 Å². The van der Waals surface area contributed by atoms with Crippen molar-refractivity contribution in [1.82, 2.24) is 14.9 Å². The van der Waals surface area contributed by atoms with Crippen LogP contribution in [0.3, 0.4) is 0 Å². The van der Waals surface area contributed by atoms with Crippen LogP contribution in [-0.2, 0) is 27.5 Å². The summed E-state index contributed by atoms with van der Waals surface area (Å²) in [5.41, 5.74) is 3.47. The number of likely N-dealkylation sites (N-methyl/N-ethyl adjacent to an activating group) is 1. The second-order valence-electron chi connectivity index (χ2n) is 8.97. The third-order valence-electron chi connectivity index (χ3n) is 6.69. The lowest BCUT2D eigenvalue weighted by atomic mass is 9.91. The van der Waals surface area contributed by atoms with Crippen LogP contribution >= 0.6 is 0 Å². The first-order chi connectivity index (χ1) is 16.6. The molecule has 0 unspecified atom stereocenters. The largest absolute Gasteiger partial charge is 0.293 e. The van der Waals surface area contributed by atoms with Crippen molar-refractivity contribution in [1.29, 1.82) is 0 Å². The van der Waals surface area contributed by atoms with Gasteiger partial charge >= 0.3 is 0 Å². The molecular formula is C28H29N3O3. The summed E-state index contributed by atoms with van der Waals surface area (Å²) in [5.74, 6) is -0.947. The zero-order valence-electron chi connectivity index (χ0n) is 19.3. The minimum atomic E-state index is -0.751. The zero-order chi connectivity index (χ0) is 23.5. The van der Waals surface area contributed by atoms with Crippen LogP contribution in [0.25, 0.3) is 0 Å². The smallest absolute Gasteiger partial charge is 0.261 e. The molecule has 0 aliphatic carbocycles. The molecule has 6 nitrogen and oxygen atoms in total. The molecule has 0 radical (unpaired) electrons. The summed E-state index contributed by atoms with van der Waals surface area (Å²) in [7, 11) is 1.54. The van der Waals surface area contributed by atoms with Gasteiger partial charge in [0.2, 0.25) is 5.91 Å². The monoisotopic (exact) mass is 455 g/mol. The molecule has 2 fully saturated rings. The van der Waals surface area contributed by atoms with Crippen molar-refractivity contribution in [3.63, 3.8) is 0 Å². The van der Waals surface area contributed by atoms with E-state index in [4.69, 9.17) is 4.84 Å². The van der Waals surface area contributed by atoms with Crippen molar-refractivity contribution in [2.75, 3.05) is 20.1 Å². The van der Waals surface area contributed by atoms with E-state index in [0.717, 1.165) is 25.2 Å². The third kappa shape index (κ3) is 4.53. The molecule has 0 N–H and O–H groups in total. The Bertz CT molecular complexity index is 1080. The van der Waals surface area contributed by atoms with Crippen molar-refractivity contribution < 1.29 is 14.4 Å². The van der Waals surface area contributed by atoms with Gasteiger partial charge in [-0.15, -0.1) is 0 Å². The van der Waals surface area contributed by atoms with E-state index in [1.165, 1.54) is 16.0 Å². The van der Waals surface area contributed by atoms with Crippen molar-refractivity contribution in [2.45, 2.75) is 25.2 Å². The lowest BCUT2D eigenvalue weighted by Gasteiger charge is -2.29. The highest BCUT2D eigenvalue weighted by Gasteiger charge is 2.58. The van der Waals surface area contributed by atoms with E-state index >= 15 is 0 Å². The number of hydrogen-bond donors (Lipinski definition) is 0. The van der Waals surface area contributed by atoms with Gasteiger partial charge in [-0.05, 0) is 16.7 Å². The van der Waals surface area contributed by atoms with Gasteiger partial charge in [-0.1, -0.05) is 91.0 Å². The maximum atomic E-state index is 12.9. The van der Waals surface area contributed by atoms with Crippen molar-refractivity contribution >= 4 is 11.8 Å². The molecular weight excluding hydrogens is 426 g/mol. The van der Waals surface area contributed by atoms with Crippen LogP contribution in [0.5, 0.6) is 0 Å². The van der Waals surface area contributed by atoms with Gasteiger partial charge in [0.05, 0.1) is 12.0 Å². The molecule has 3 aromatic carbocycles. The number of imide groups is 1. The second kappa shape index (κ2) is 9.89. The molecule has 2 heterocycles. The summed E-state index contributed by atoms with van der Waals surface area (Å²) in [5, 5.41) is 1.86. The molecule has 2 amide bonds. The van der Waals surface area contributed by atoms with Crippen LogP contribution in [0.2, 0.25) is 0 Å². The number of rotatable bonds is 8. The number of likely N-dealkylation sites (tertiary alicyclic amines) is 1. The molecule has 6 heteroatoms. The topological polar surface area (TPSA) is 53.1 Å². The number of carbonyl (C=O) groups excluding carboxylic acids is 2. The normalized spacial score (nSPS) is 22.5. The average Bonchev–Trinajstić information content (AvgIpc) is 3.35. The molecule has 0 spiro atoms. The van der Waals surface area contributed by atoms with Crippen LogP contribution < -0.4 is 0 Å². The molecule has 3 atom stereocenters. The van der Waals surface area contributed by atoms with Gasteiger partial charge in [0, 0.05) is 33.2 Å². The van der Waals surface area contributed by atoms with Gasteiger partial charge in [0.15, 0.2) is 6.10 Å². The highest BCUT2D eigenvalue weighted by atomic mass is 16.7. The number of nitrogens with zero attached hydrogens (tertiary/aromatic N) is 3. The minimum Gasteiger partial charge on any atom is -0.293 e. The fraction of sp³-hybridized carbons (Fsp3) is 0.286. The minimum absolute atomic E-state index is 0.170. The first kappa shape index (κ1) is 22.5. The molecule has 0 bridgehead atoms. The molecule has 34 heavy (non-hydrogen) atoms. The molecule has 2 aliphatic rings. The molecule has 0 aromatic heterocycles. The summed E-state index contributed by atoms with van der Waals surface area (Å²) in [6.07, 6.45) is -0.751. The number of carbonyl (C=O) groups is 2. The van der Waals surface area contributed by atoms with E-state index in [0.29, 0.717) is 6.54 Å². The van der Waals surface area contributed by atoms with Crippen molar-refractivity contribution in [3.8, 4) is 0 Å². The Kier molecular flexibility index (Phi) is 6.54. The first-order valence-corrected chi connectivity index (χ1v) is 11.7. The van der Waals surface area contributed by atoms with Crippen LogP contribution in [0, 0.1) is 5.92 Å². The highest BCUT2D eigenvalue weighted by molar-refractivity contribution is 6.07. The number of benzene rings is 3. The summed E-state index contributed by atoms with van der Waals surface area (Å²) in [4.78, 5) is 35.4. The average molecular weight is 456 g/mol. The molecule has 2 saturated heterocycles. The molecule has 5 rings (SSSR count). The maximum Gasteiger partial charge on any atom is 0.261 e. The lowest BCUT2D eigenvalue weighted by molar-refractivity contribution is -0.180. The SMILES string of the molecule is CN1C(=O)[C@H]2[C@H](ON(CCN(Cc3ccccc3)Cc3ccccc3)[C@H]2c2ccccc2)C1=O. The standard InChI is InChI=1S/C28H29N3O3/c1-29-27(32)24-25(23-15-9-4-10-16-23)31(34-26(24)28(29)33)18-17-30(19-21-11-5-2-6-12-21)20-22-13-7-3-8-14-22/h2-16,24-26H,17-20H2,1H3/t24-,25+,26+/m1/s1. The predicted octanol–water partition coefficient (Wildman–Crippen LogP) is 3.66. The van der Waals surface area contributed by atoms with Gasteiger partial charge in [-0.2, -0.15) is 5.06 Å². The van der Waals surface area contributed by atoms with Gasteiger partial charge in [0.1, 0.15) is 0 Å². The number of fused-ring (bicyclic) bond motifs is 1. The van der Waals surface area contributed by atoms with E-state index < -0.39 is 12.0 Å². The fourth-order valence-electron chi connectivity index (χ4n) is 4.96. The van der Waals surface area contributed by atoms with Crippen LogP contribution in [0.15, 0.2) is 91.0 Å². The molecule has 3 aromatic rings. The maximum absolute atomic E-state index is 12.9. The Labute approximate surface area is 200 Å². The van der Waals surface area contributed by atoms with E-state index in [1.807, 2.05) is 47.5 Å². The number of hydroxylamine groups is 2. The Morgan fingerprint density at radius 3 is 1.85 bits per heavy atom. The Balaban J connectivity index is 1.37. The van der Waals surface area contributed by atoms with Gasteiger partial charge in [-0.25, -0.2) is 0 Å². The van der Waals surface area contributed by atoms with E-state index in [1.54, 1.807) is 7.05 Å². The molecule has 0 saturated carbocycles. The van der Waals surface area contributed by atoms with E-state index in [9.17, 15) is 9.59 Å². The third-order valence-corrected chi connectivity index (χ3v) is 6.69.